The zero-order valence-corrected chi connectivity index (χ0v) is 6.49. The van der Waals surface area contributed by atoms with E-state index in [1.807, 2.05) is 6.07 Å². The summed E-state index contributed by atoms with van der Waals surface area (Å²) < 4.78 is 13.6. The van der Waals surface area contributed by atoms with Crippen molar-refractivity contribution in [3.8, 4) is 0 Å². The highest BCUT2D eigenvalue weighted by Crippen LogP contribution is 2.28. The summed E-state index contributed by atoms with van der Waals surface area (Å²) in [6.45, 7) is 0. The minimum absolute atomic E-state index is 0.191. The van der Waals surface area contributed by atoms with Gasteiger partial charge in [-0.25, -0.2) is 4.39 Å². The van der Waals surface area contributed by atoms with Gasteiger partial charge in [-0.3, -0.25) is 0 Å². The van der Waals surface area contributed by atoms with Crippen LogP contribution < -0.4 is 5.73 Å². The minimum atomic E-state index is -0.191. The van der Waals surface area contributed by atoms with Gasteiger partial charge in [0, 0.05) is 0 Å². The van der Waals surface area contributed by atoms with E-state index < -0.39 is 0 Å². The Morgan fingerprint density at radius 3 is 2.91 bits per heavy atom. The first-order valence-electron chi connectivity index (χ1n) is 3.21. The molecule has 0 aliphatic carbocycles. The molecule has 1 nitrogen and oxygen atoms in total. The first-order valence-corrected chi connectivity index (χ1v) is 4.02. The van der Waals surface area contributed by atoms with E-state index in [1.54, 1.807) is 12.1 Å². The highest BCUT2D eigenvalue weighted by molar-refractivity contribution is 7.22. The highest BCUT2D eigenvalue weighted by Gasteiger charge is 2.02. The van der Waals surface area contributed by atoms with Crippen molar-refractivity contribution in [2.75, 3.05) is 5.73 Å². The normalized spacial score (nSPS) is 10.6. The number of nitrogen functional groups attached to an aromatic ring is 1. The lowest BCUT2D eigenvalue weighted by atomic mass is 10.2. The van der Waals surface area contributed by atoms with Gasteiger partial charge in [-0.05, 0) is 17.5 Å². The van der Waals surface area contributed by atoms with Crippen LogP contribution in [-0.4, -0.2) is 0 Å². The zero-order valence-electron chi connectivity index (χ0n) is 5.67. The van der Waals surface area contributed by atoms with Gasteiger partial charge in [-0.15, -0.1) is 11.3 Å². The second kappa shape index (κ2) is 2.20. The second-order valence-electron chi connectivity index (χ2n) is 2.31. The number of hydrogen-bond donors (Lipinski definition) is 1. The van der Waals surface area contributed by atoms with Gasteiger partial charge >= 0.3 is 0 Å². The van der Waals surface area contributed by atoms with Gasteiger partial charge in [-0.1, -0.05) is 12.1 Å². The molecule has 1 aromatic carbocycles. The Labute approximate surface area is 67.3 Å². The van der Waals surface area contributed by atoms with E-state index in [0.717, 1.165) is 5.39 Å². The molecule has 0 aliphatic heterocycles. The molecule has 0 bridgehead atoms. The van der Waals surface area contributed by atoms with Crippen LogP contribution in [0.15, 0.2) is 24.3 Å². The summed E-state index contributed by atoms with van der Waals surface area (Å²) in [5.74, 6) is -0.191. The Morgan fingerprint density at radius 1 is 1.36 bits per heavy atom. The largest absolute Gasteiger partial charge is 0.391 e. The van der Waals surface area contributed by atoms with Crippen molar-refractivity contribution in [2.24, 2.45) is 0 Å². The van der Waals surface area contributed by atoms with Gasteiger partial charge in [0.25, 0.3) is 0 Å². The van der Waals surface area contributed by atoms with Crippen LogP contribution in [-0.2, 0) is 0 Å². The summed E-state index contributed by atoms with van der Waals surface area (Å²) in [7, 11) is 0. The van der Waals surface area contributed by atoms with Crippen molar-refractivity contribution in [1.29, 1.82) is 0 Å². The maximum atomic E-state index is 13.0. The third-order valence-corrected chi connectivity index (χ3v) is 2.50. The summed E-state index contributed by atoms with van der Waals surface area (Å²) >= 11 is 1.28. The Morgan fingerprint density at radius 2 is 2.18 bits per heavy atom. The summed E-state index contributed by atoms with van der Waals surface area (Å²) in [5, 5.41) is 1.54. The van der Waals surface area contributed by atoms with Crippen LogP contribution in [0.1, 0.15) is 0 Å². The Hall–Kier alpha value is -1.09. The van der Waals surface area contributed by atoms with Gasteiger partial charge in [-0.2, -0.15) is 0 Å². The molecule has 0 amide bonds. The molecule has 11 heavy (non-hydrogen) atoms. The number of hydrogen-bond acceptors (Lipinski definition) is 2. The van der Waals surface area contributed by atoms with E-state index >= 15 is 0 Å². The van der Waals surface area contributed by atoms with Crippen molar-refractivity contribution in [1.82, 2.24) is 0 Å². The van der Waals surface area contributed by atoms with Crippen molar-refractivity contribution >= 4 is 26.4 Å². The quantitative estimate of drug-likeness (QED) is 0.641. The van der Waals surface area contributed by atoms with E-state index in [2.05, 4.69) is 0 Å². The topological polar surface area (TPSA) is 26.0 Å². The number of thiophene rings is 1. The van der Waals surface area contributed by atoms with E-state index in [4.69, 9.17) is 5.73 Å². The Bertz CT molecular complexity index is 394. The fourth-order valence-corrected chi connectivity index (χ4v) is 1.88. The van der Waals surface area contributed by atoms with E-state index in [-0.39, 0.29) is 5.82 Å². The molecule has 56 valence electrons. The number of halogens is 1. The third kappa shape index (κ3) is 0.973. The number of anilines is 1. The SMILES string of the molecule is Nc1cc2cccc(F)c2s1. The molecule has 0 spiro atoms. The monoisotopic (exact) mass is 167 g/mol. The number of rotatable bonds is 0. The molecule has 1 aromatic heterocycles. The molecule has 0 atom stereocenters. The summed E-state index contributed by atoms with van der Waals surface area (Å²) in [6.07, 6.45) is 0. The summed E-state index contributed by atoms with van der Waals surface area (Å²) in [6, 6.07) is 6.76. The molecule has 2 rings (SSSR count). The van der Waals surface area contributed by atoms with Gasteiger partial charge in [0.15, 0.2) is 0 Å². The second-order valence-corrected chi connectivity index (χ2v) is 3.39. The Balaban J connectivity index is 2.90. The minimum Gasteiger partial charge on any atom is -0.391 e. The van der Waals surface area contributed by atoms with E-state index in [1.165, 1.54) is 17.4 Å². The number of benzene rings is 1. The van der Waals surface area contributed by atoms with Gasteiger partial charge in [0.05, 0.1) is 9.70 Å². The van der Waals surface area contributed by atoms with Crippen molar-refractivity contribution in [3.05, 3.63) is 30.1 Å². The van der Waals surface area contributed by atoms with Gasteiger partial charge in [0.1, 0.15) is 5.82 Å². The predicted molar refractivity (Wildman–Crippen MR) is 46.2 cm³/mol. The molecular formula is C8H6FNS. The van der Waals surface area contributed by atoms with Crippen LogP contribution in [0.2, 0.25) is 0 Å². The molecule has 1 heterocycles. The van der Waals surface area contributed by atoms with Crippen LogP contribution in [0.3, 0.4) is 0 Å². The Kier molecular flexibility index (Phi) is 1.32. The van der Waals surface area contributed by atoms with E-state index in [9.17, 15) is 4.39 Å². The predicted octanol–water partition coefficient (Wildman–Crippen LogP) is 2.62. The van der Waals surface area contributed by atoms with Gasteiger partial charge < -0.3 is 5.73 Å². The average molecular weight is 167 g/mol. The molecule has 0 aliphatic rings. The summed E-state index contributed by atoms with van der Waals surface area (Å²) in [4.78, 5) is 0. The van der Waals surface area contributed by atoms with Crippen LogP contribution in [0.25, 0.3) is 10.1 Å². The molecule has 0 unspecified atom stereocenters. The molecule has 0 fully saturated rings. The van der Waals surface area contributed by atoms with Gasteiger partial charge in [0.2, 0.25) is 0 Å². The standard InChI is InChI=1S/C8H6FNS/c9-6-3-1-2-5-4-7(10)11-8(5)6/h1-4H,10H2. The first kappa shape index (κ1) is 6.61. The lowest BCUT2D eigenvalue weighted by Crippen LogP contribution is -1.72. The van der Waals surface area contributed by atoms with Crippen LogP contribution in [0, 0.1) is 5.82 Å². The van der Waals surface area contributed by atoms with E-state index in [0.29, 0.717) is 9.70 Å². The zero-order chi connectivity index (χ0) is 7.84. The summed E-state index contributed by atoms with van der Waals surface area (Å²) in [5.41, 5.74) is 5.51. The van der Waals surface area contributed by atoms with Crippen LogP contribution in [0.4, 0.5) is 9.39 Å². The lowest BCUT2D eigenvalue weighted by Gasteiger charge is -1.87. The first-order chi connectivity index (χ1) is 5.27. The third-order valence-electron chi connectivity index (χ3n) is 1.52. The average Bonchev–Trinajstić information content (AvgIpc) is 2.31. The molecule has 3 heteroatoms. The van der Waals surface area contributed by atoms with Crippen molar-refractivity contribution in [3.63, 3.8) is 0 Å². The lowest BCUT2D eigenvalue weighted by molar-refractivity contribution is 0.642. The molecule has 2 aromatic rings. The van der Waals surface area contributed by atoms with Crippen LogP contribution >= 0.6 is 11.3 Å². The van der Waals surface area contributed by atoms with Crippen molar-refractivity contribution < 1.29 is 4.39 Å². The number of fused-ring (bicyclic) bond motifs is 1. The molecular weight excluding hydrogens is 161 g/mol. The fraction of sp³-hybridized carbons (Fsp3) is 0. The highest BCUT2D eigenvalue weighted by atomic mass is 32.1. The fourth-order valence-electron chi connectivity index (χ4n) is 1.05. The maximum Gasteiger partial charge on any atom is 0.141 e. The molecule has 0 radical (unpaired) electrons. The maximum absolute atomic E-state index is 13.0. The molecule has 0 saturated heterocycles. The van der Waals surface area contributed by atoms with Crippen molar-refractivity contribution in [2.45, 2.75) is 0 Å². The van der Waals surface area contributed by atoms with Crippen LogP contribution in [0.5, 0.6) is 0 Å². The molecule has 2 N–H and O–H groups in total. The number of nitrogens with two attached hydrogens (primary N) is 1. The smallest absolute Gasteiger partial charge is 0.141 e. The molecule has 0 saturated carbocycles.